The summed E-state index contributed by atoms with van der Waals surface area (Å²) in [6, 6.07) is 13.8. The highest BCUT2D eigenvalue weighted by atomic mass is 35.5. The lowest BCUT2D eigenvalue weighted by Crippen LogP contribution is -2.43. The van der Waals surface area contributed by atoms with Crippen LogP contribution in [0.25, 0.3) is 0 Å². The SMILES string of the molecule is O=C(NC[C@H]1CCCN(Cc2ccccn2)C1)C1(c2ccc(Cl)cc2)CC1. The molecule has 4 nitrogen and oxygen atoms in total. The quantitative estimate of drug-likeness (QED) is 0.825. The number of nitrogens with one attached hydrogen (secondary N) is 1. The van der Waals surface area contributed by atoms with Gasteiger partial charge in [-0.2, -0.15) is 0 Å². The molecule has 1 atom stereocenters. The Morgan fingerprint density at radius 3 is 2.74 bits per heavy atom. The number of hydrogen-bond donors (Lipinski definition) is 1. The zero-order valence-corrected chi connectivity index (χ0v) is 16.3. The Bertz CT molecular complexity index is 774. The van der Waals surface area contributed by atoms with Crippen LogP contribution in [0.15, 0.2) is 48.7 Å². The van der Waals surface area contributed by atoms with Crippen molar-refractivity contribution in [2.24, 2.45) is 5.92 Å². The van der Waals surface area contributed by atoms with Crippen LogP contribution in [0.1, 0.15) is 36.9 Å². The van der Waals surface area contributed by atoms with Gasteiger partial charge in [0.2, 0.25) is 5.91 Å². The van der Waals surface area contributed by atoms with Crippen LogP contribution < -0.4 is 5.32 Å². The molecular formula is C22H26ClN3O. The first-order valence-electron chi connectivity index (χ1n) is 9.82. The molecule has 1 aromatic heterocycles. The molecule has 2 fully saturated rings. The van der Waals surface area contributed by atoms with E-state index < -0.39 is 0 Å². The van der Waals surface area contributed by atoms with Gasteiger partial charge in [0.1, 0.15) is 0 Å². The topological polar surface area (TPSA) is 45.2 Å². The average Bonchev–Trinajstić information content (AvgIpc) is 3.50. The summed E-state index contributed by atoms with van der Waals surface area (Å²) >= 11 is 5.99. The smallest absolute Gasteiger partial charge is 0.230 e. The fraction of sp³-hybridized carbons (Fsp3) is 0.455. The van der Waals surface area contributed by atoms with Crippen LogP contribution in [0.2, 0.25) is 5.02 Å². The number of nitrogens with zero attached hydrogens (tertiary/aromatic N) is 2. The summed E-state index contributed by atoms with van der Waals surface area (Å²) in [4.78, 5) is 19.7. The predicted octanol–water partition coefficient (Wildman–Crippen LogP) is 3.80. The van der Waals surface area contributed by atoms with Crippen LogP contribution in [0.4, 0.5) is 0 Å². The zero-order valence-electron chi connectivity index (χ0n) is 15.5. The molecule has 1 saturated carbocycles. The van der Waals surface area contributed by atoms with Crippen LogP contribution in [-0.4, -0.2) is 35.4 Å². The third-order valence-electron chi connectivity index (χ3n) is 5.85. The lowest BCUT2D eigenvalue weighted by atomic mass is 9.93. The molecule has 27 heavy (non-hydrogen) atoms. The lowest BCUT2D eigenvalue weighted by Gasteiger charge is -2.33. The number of rotatable bonds is 6. The van der Waals surface area contributed by atoms with Crippen molar-refractivity contribution in [2.45, 2.75) is 37.6 Å². The van der Waals surface area contributed by atoms with Gasteiger partial charge in [-0.1, -0.05) is 29.8 Å². The number of carbonyl (C=O) groups is 1. The molecule has 4 rings (SSSR count). The van der Waals surface area contributed by atoms with E-state index in [9.17, 15) is 4.79 Å². The molecule has 1 saturated heterocycles. The molecule has 2 heterocycles. The van der Waals surface area contributed by atoms with Gasteiger partial charge in [0.15, 0.2) is 0 Å². The van der Waals surface area contributed by atoms with Crippen molar-refractivity contribution in [2.75, 3.05) is 19.6 Å². The second-order valence-electron chi connectivity index (χ2n) is 7.86. The van der Waals surface area contributed by atoms with Crippen molar-refractivity contribution in [3.05, 3.63) is 64.9 Å². The van der Waals surface area contributed by atoms with Gasteiger partial charge in [-0.15, -0.1) is 0 Å². The Balaban J connectivity index is 1.30. The van der Waals surface area contributed by atoms with E-state index in [0.29, 0.717) is 10.9 Å². The van der Waals surface area contributed by atoms with Gasteiger partial charge < -0.3 is 5.32 Å². The molecule has 0 spiro atoms. The van der Waals surface area contributed by atoms with Gasteiger partial charge in [-0.05, 0) is 68.0 Å². The van der Waals surface area contributed by atoms with E-state index in [2.05, 4.69) is 21.3 Å². The predicted molar refractivity (Wildman–Crippen MR) is 108 cm³/mol. The molecule has 0 bridgehead atoms. The van der Waals surface area contributed by atoms with E-state index in [0.717, 1.165) is 50.3 Å². The third kappa shape index (κ3) is 4.33. The van der Waals surface area contributed by atoms with Gasteiger partial charge >= 0.3 is 0 Å². The number of likely N-dealkylation sites (tertiary alicyclic amines) is 1. The molecule has 142 valence electrons. The summed E-state index contributed by atoms with van der Waals surface area (Å²) in [6.07, 6.45) is 6.05. The number of piperidine rings is 1. The van der Waals surface area contributed by atoms with E-state index in [4.69, 9.17) is 11.6 Å². The van der Waals surface area contributed by atoms with Gasteiger partial charge in [-0.3, -0.25) is 14.7 Å². The molecular weight excluding hydrogens is 358 g/mol. The standard InChI is InChI=1S/C22H26ClN3O/c23-19-8-6-18(7-9-19)22(10-11-22)21(27)25-14-17-4-3-13-26(15-17)16-20-5-1-2-12-24-20/h1-2,5-9,12,17H,3-4,10-11,13-16H2,(H,25,27)/t17-/m1/s1. The fourth-order valence-electron chi connectivity index (χ4n) is 4.13. The molecule has 0 radical (unpaired) electrons. The third-order valence-corrected chi connectivity index (χ3v) is 6.10. The summed E-state index contributed by atoms with van der Waals surface area (Å²) in [5.74, 6) is 0.680. The zero-order chi connectivity index (χ0) is 18.7. The summed E-state index contributed by atoms with van der Waals surface area (Å²) in [5.41, 5.74) is 1.87. The van der Waals surface area contributed by atoms with E-state index in [1.807, 2.05) is 42.6 Å². The largest absolute Gasteiger partial charge is 0.355 e. The van der Waals surface area contributed by atoms with Gasteiger partial charge in [-0.25, -0.2) is 0 Å². The number of carbonyl (C=O) groups excluding carboxylic acids is 1. The van der Waals surface area contributed by atoms with Crippen molar-refractivity contribution in [1.29, 1.82) is 0 Å². The number of pyridine rings is 1. The number of amides is 1. The van der Waals surface area contributed by atoms with E-state index in [1.165, 1.54) is 12.8 Å². The second-order valence-corrected chi connectivity index (χ2v) is 8.30. The Labute approximate surface area is 165 Å². The first-order chi connectivity index (χ1) is 13.2. The summed E-state index contributed by atoms with van der Waals surface area (Å²) in [5, 5.41) is 3.95. The fourth-order valence-corrected chi connectivity index (χ4v) is 4.26. The van der Waals surface area contributed by atoms with Crippen LogP contribution in [0, 0.1) is 5.92 Å². The van der Waals surface area contributed by atoms with E-state index >= 15 is 0 Å². The normalized spacial score (nSPS) is 21.6. The number of aromatic nitrogens is 1. The molecule has 1 aliphatic heterocycles. The van der Waals surface area contributed by atoms with Crippen molar-refractivity contribution >= 4 is 17.5 Å². The molecule has 1 N–H and O–H groups in total. The summed E-state index contributed by atoms with van der Waals surface area (Å²) in [7, 11) is 0. The lowest BCUT2D eigenvalue weighted by molar-refractivity contribution is -0.123. The molecule has 5 heteroatoms. The second kappa shape index (κ2) is 7.99. The Morgan fingerprint density at radius 2 is 2.04 bits per heavy atom. The number of halogens is 1. The first-order valence-corrected chi connectivity index (χ1v) is 10.2. The average molecular weight is 384 g/mol. The highest BCUT2D eigenvalue weighted by Gasteiger charge is 2.51. The van der Waals surface area contributed by atoms with Crippen LogP contribution in [0.5, 0.6) is 0 Å². The van der Waals surface area contributed by atoms with Crippen LogP contribution >= 0.6 is 11.6 Å². The van der Waals surface area contributed by atoms with Gasteiger partial charge in [0.05, 0.1) is 11.1 Å². The van der Waals surface area contributed by atoms with E-state index in [1.54, 1.807) is 0 Å². The molecule has 1 amide bonds. The first kappa shape index (κ1) is 18.5. The number of hydrogen-bond acceptors (Lipinski definition) is 3. The van der Waals surface area contributed by atoms with E-state index in [-0.39, 0.29) is 11.3 Å². The Morgan fingerprint density at radius 1 is 1.22 bits per heavy atom. The summed E-state index contributed by atoms with van der Waals surface area (Å²) < 4.78 is 0. The minimum atomic E-state index is -0.326. The molecule has 2 aliphatic rings. The maximum absolute atomic E-state index is 12.9. The van der Waals surface area contributed by atoms with Gasteiger partial charge in [0, 0.05) is 30.9 Å². The van der Waals surface area contributed by atoms with Crippen molar-refractivity contribution in [3.63, 3.8) is 0 Å². The maximum Gasteiger partial charge on any atom is 0.230 e. The summed E-state index contributed by atoms with van der Waals surface area (Å²) in [6.45, 7) is 3.77. The maximum atomic E-state index is 12.9. The molecule has 1 aliphatic carbocycles. The minimum absolute atomic E-state index is 0.173. The Hall–Kier alpha value is -1.91. The van der Waals surface area contributed by atoms with Crippen molar-refractivity contribution in [3.8, 4) is 0 Å². The monoisotopic (exact) mass is 383 g/mol. The highest BCUT2D eigenvalue weighted by Crippen LogP contribution is 2.48. The van der Waals surface area contributed by atoms with Gasteiger partial charge in [0.25, 0.3) is 0 Å². The van der Waals surface area contributed by atoms with Crippen LogP contribution in [-0.2, 0) is 16.8 Å². The molecule has 0 unspecified atom stereocenters. The minimum Gasteiger partial charge on any atom is -0.355 e. The molecule has 1 aromatic carbocycles. The van der Waals surface area contributed by atoms with Crippen LogP contribution in [0.3, 0.4) is 0 Å². The van der Waals surface area contributed by atoms with Crippen molar-refractivity contribution < 1.29 is 4.79 Å². The number of benzene rings is 1. The molecule has 2 aromatic rings. The van der Waals surface area contributed by atoms with Crippen molar-refractivity contribution in [1.82, 2.24) is 15.2 Å². The Kier molecular flexibility index (Phi) is 5.46. The highest BCUT2D eigenvalue weighted by molar-refractivity contribution is 6.30.